The van der Waals surface area contributed by atoms with Crippen molar-refractivity contribution in [1.82, 2.24) is 9.62 Å². The predicted molar refractivity (Wildman–Crippen MR) is 67.9 cm³/mol. The van der Waals surface area contributed by atoms with Crippen LogP contribution in [0.3, 0.4) is 0 Å². The predicted octanol–water partition coefficient (Wildman–Crippen LogP) is 0.181. The first-order valence-electron chi connectivity index (χ1n) is 5.61. The Bertz CT molecular complexity index is 535. The van der Waals surface area contributed by atoms with Gasteiger partial charge in [0.15, 0.2) is 0 Å². The molecule has 0 aliphatic carbocycles. The maximum atomic E-state index is 11.8. The molecule has 0 amide bonds. The molecule has 1 aromatic heterocycles. The SMILES string of the molecule is COC(=O)[C@H](C)NCc1ccc(S(=O)(=O)N(C)C)o1. The molecule has 0 saturated heterocycles. The zero-order valence-corrected chi connectivity index (χ0v) is 12.2. The number of nitrogens with one attached hydrogen (secondary N) is 1. The van der Waals surface area contributed by atoms with E-state index in [0.717, 1.165) is 4.31 Å². The summed E-state index contributed by atoms with van der Waals surface area (Å²) in [6, 6.07) is 2.44. The molecule has 0 unspecified atom stereocenters. The van der Waals surface area contributed by atoms with Gasteiger partial charge in [0.25, 0.3) is 10.0 Å². The summed E-state index contributed by atoms with van der Waals surface area (Å²) in [5, 5.41) is 2.74. The van der Waals surface area contributed by atoms with E-state index in [9.17, 15) is 13.2 Å². The second kappa shape index (κ2) is 6.18. The van der Waals surface area contributed by atoms with Gasteiger partial charge >= 0.3 is 5.97 Å². The molecule has 1 aromatic rings. The van der Waals surface area contributed by atoms with Gasteiger partial charge in [-0.2, -0.15) is 0 Å². The molecule has 0 aliphatic heterocycles. The second-order valence-electron chi connectivity index (χ2n) is 4.13. The minimum absolute atomic E-state index is 0.125. The average Bonchev–Trinajstić information content (AvgIpc) is 2.84. The Balaban J connectivity index is 2.69. The van der Waals surface area contributed by atoms with Gasteiger partial charge in [-0.1, -0.05) is 0 Å². The van der Waals surface area contributed by atoms with Crippen LogP contribution in [0.25, 0.3) is 0 Å². The van der Waals surface area contributed by atoms with Crippen molar-refractivity contribution in [3.05, 3.63) is 17.9 Å². The monoisotopic (exact) mass is 290 g/mol. The number of hydrogen-bond donors (Lipinski definition) is 1. The molecule has 19 heavy (non-hydrogen) atoms. The molecule has 8 heteroatoms. The zero-order chi connectivity index (χ0) is 14.6. The Hall–Kier alpha value is -1.38. The highest BCUT2D eigenvalue weighted by atomic mass is 32.2. The van der Waals surface area contributed by atoms with Crippen LogP contribution in [0.5, 0.6) is 0 Å². The van der Waals surface area contributed by atoms with Crippen molar-refractivity contribution in [3.8, 4) is 0 Å². The fraction of sp³-hybridized carbons (Fsp3) is 0.545. The van der Waals surface area contributed by atoms with E-state index in [2.05, 4.69) is 10.1 Å². The zero-order valence-electron chi connectivity index (χ0n) is 11.3. The van der Waals surface area contributed by atoms with Crippen molar-refractivity contribution < 1.29 is 22.4 Å². The molecule has 0 saturated carbocycles. The maximum Gasteiger partial charge on any atom is 0.322 e. The molecule has 1 rings (SSSR count). The molecule has 0 fully saturated rings. The summed E-state index contributed by atoms with van der Waals surface area (Å²) >= 11 is 0. The van der Waals surface area contributed by atoms with Crippen molar-refractivity contribution in [2.24, 2.45) is 0 Å². The standard InChI is InChI=1S/C11H18N2O5S/c1-8(11(14)17-4)12-7-9-5-6-10(18-9)19(15,16)13(2)3/h5-6,8,12H,7H2,1-4H3/t8-/m0/s1. The van der Waals surface area contributed by atoms with Crippen molar-refractivity contribution in [1.29, 1.82) is 0 Å². The lowest BCUT2D eigenvalue weighted by molar-refractivity contribution is -0.142. The third-order valence-electron chi connectivity index (χ3n) is 2.51. The topological polar surface area (TPSA) is 88.8 Å². The number of hydrogen-bond acceptors (Lipinski definition) is 6. The van der Waals surface area contributed by atoms with Crippen LogP contribution in [-0.4, -0.2) is 45.9 Å². The first-order valence-corrected chi connectivity index (χ1v) is 7.05. The number of sulfonamides is 1. The van der Waals surface area contributed by atoms with Gasteiger partial charge in [0.1, 0.15) is 11.8 Å². The molecule has 7 nitrogen and oxygen atoms in total. The quantitative estimate of drug-likeness (QED) is 0.752. The first-order chi connectivity index (χ1) is 8.78. The molecule has 0 bridgehead atoms. The highest BCUT2D eigenvalue weighted by Gasteiger charge is 2.21. The maximum absolute atomic E-state index is 11.8. The van der Waals surface area contributed by atoms with Crippen LogP contribution in [0.2, 0.25) is 0 Å². The lowest BCUT2D eigenvalue weighted by atomic mass is 10.3. The highest BCUT2D eigenvalue weighted by molar-refractivity contribution is 7.88. The number of carbonyl (C=O) groups excluding carboxylic acids is 1. The van der Waals surface area contributed by atoms with Crippen LogP contribution < -0.4 is 5.32 Å². The summed E-state index contributed by atoms with van der Waals surface area (Å²) in [6.45, 7) is 1.88. The number of carbonyl (C=O) groups is 1. The molecular formula is C11H18N2O5S. The first kappa shape index (κ1) is 15.7. The molecule has 0 radical (unpaired) electrons. The van der Waals surface area contributed by atoms with Crippen LogP contribution in [0.15, 0.2) is 21.6 Å². The van der Waals surface area contributed by atoms with Gasteiger partial charge in [0.05, 0.1) is 13.7 Å². The van der Waals surface area contributed by atoms with Gasteiger partial charge in [-0.15, -0.1) is 0 Å². The summed E-state index contributed by atoms with van der Waals surface area (Å²) in [5.74, 6) is 0.0314. The Labute approximate surface area is 112 Å². The van der Waals surface area contributed by atoms with E-state index in [4.69, 9.17) is 4.42 Å². The molecule has 0 spiro atoms. The lowest BCUT2D eigenvalue weighted by Gasteiger charge is -2.10. The third-order valence-corrected chi connectivity index (χ3v) is 4.20. The Morgan fingerprint density at radius 3 is 2.63 bits per heavy atom. The van der Waals surface area contributed by atoms with Gasteiger partial charge in [0, 0.05) is 14.1 Å². The van der Waals surface area contributed by atoms with E-state index >= 15 is 0 Å². The third kappa shape index (κ3) is 3.79. The number of nitrogens with zero attached hydrogens (tertiary/aromatic N) is 1. The van der Waals surface area contributed by atoms with E-state index in [0.29, 0.717) is 5.76 Å². The molecular weight excluding hydrogens is 272 g/mol. The van der Waals surface area contributed by atoms with Crippen molar-refractivity contribution in [2.45, 2.75) is 24.6 Å². The van der Waals surface area contributed by atoms with Crippen LogP contribution in [-0.2, 0) is 26.1 Å². The van der Waals surface area contributed by atoms with Gasteiger partial charge in [-0.05, 0) is 19.1 Å². The number of rotatable bonds is 6. The fourth-order valence-electron chi connectivity index (χ4n) is 1.29. The molecule has 1 N–H and O–H groups in total. The van der Waals surface area contributed by atoms with Crippen LogP contribution in [0, 0.1) is 0 Å². The Morgan fingerprint density at radius 2 is 2.11 bits per heavy atom. The van der Waals surface area contributed by atoms with Gasteiger partial charge in [0.2, 0.25) is 5.09 Å². The highest BCUT2D eigenvalue weighted by Crippen LogP contribution is 2.16. The van der Waals surface area contributed by atoms with Gasteiger partial charge in [-0.3, -0.25) is 10.1 Å². The molecule has 1 heterocycles. The van der Waals surface area contributed by atoms with Gasteiger partial charge < -0.3 is 9.15 Å². The smallest absolute Gasteiger partial charge is 0.322 e. The summed E-state index contributed by atoms with van der Waals surface area (Å²) in [4.78, 5) is 11.2. The Morgan fingerprint density at radius 1 is 1.47 bits per heavy atom. The molecule has 1 atom stereocenters. The minimum Gasteiger partial charge on any atom is -0.468 e. The van der Waals surface area contributed by atoms with Gasteiger partial charge in [-0.25, -0.2) is 12.7 Å². The molecule has 0 aliphatic rings. The van der Waals surface area contributed by atoms with E-state index in [1.54, 1.807) is 13.0 Å². The van der Waals surface area contributed by atoms with E-state index in [-0.39, 0.29) is 11.6 Å². The van der Waals surface area contributed by atoms with Crippen LogP contribution in [0.1, 0.15) is 12.7 Å². The number of furan rings is 1. The van der Waals surface area contributed by atoms with Crippen molar-refractivity contribution in [3.63, 3.8) is 0 Å². The summed E-state index contributed by atoms with van der Waals surface area (Å²) in [6.07, 6.45) is 0. The number of ether oxygens (including phenoxy) is 1. The van der Waals surface area contributed by atoms with Crippen LogP contribution in [0.4, 0.5) is 0 Å². The molecule has 0 aromatic carbocycles. The summed E-state index contributed by atoms with van der Waals surface area (Å²) in [5.41, 5.74) is 0. The summed E-state index contributed by atoms with van der Waals surface area (Å²) < 4.78 is 34.4. The van der Waals surface area contributed by atoms with E-state index in [1.165, 1.54) is 27.3 Å². The van der Waals surface area contributed by atoms with Crippen molar-refractivity contribution >= 4 is 16.0 Å². The number of esters is 1. The lowest BCUT2D eigenvalue weighted by Crippen LogP contribution is -2.34. The minimum atomic E-state index is -3.57. The normalized spacial score (nSPS) is 13.5. The van der Waals surface area contributed by atoms with Crippen LogP contribution >= 0.6 is 0 Å². The second-order valence-corrected chi connectivity index (χ2v) is 6.22. The fourth-order valence-corrected chi connectivity index (χ4v) is 2.10. The summed E-state index contributed by atoms with van der Waals surface area (Å²) in [7, 11) is 0.584. The largest absolute Gasteiger partial charge is 0.468 e. The van der Waals surface area contributed by atoms with E-state index in [1.807, 2.05) is 0 Å². The van der Waals surface area contributed by atoms with Crippen molar-refractivity contribution in [2.75, 3.05) is 21.2 Å². The molecule has 108 valence electrons. The average molecular weight is 290 g/mol. The van der Waals surface area contributed by atoms with E-state index < -0.39 is 22.0 Å². The number of methoxy groups -OCH3 is 1. The Kier molecular flexibility index (Phi) is 5.10.